The highest BCUT2D eigenvalue weighted by Gasteiger charge is 2.21. The number of ether oxygens (including phenoxy) is 2. The summed E-state index contributed by atoms with van der Waals surface area (Å²) in [5, 5.41) is 13.2. The minimum absolute atomic E-state index is 0.352. The summed E-state index contributed by atoms with van der Waals surface area (Å²) >= 11 is 0. The van der Waals surface area contributed by atoms with Crippen molar-refractivity contribution in [1.82, 2.24) is 5.32 Å². The van der Waals surface area contributed by atoms with Crippen LogP contribution in [0.2, 0.25) is 0 Å². The summed E-state index contributed by atoms with van der Waals surface area (Å²) in [5.41, 5.74) is 2.79. The average molecular weight is 265 g/mol. The molecule has 0 saturated carbocycles. The van der Waals surface area contributed by atoms with Crippen LogP contribution in [0.4, 0.5) is 0 Å². The molecule has 106 valence electrons. The van der Waals surface area contributed by atoms with Crippen LogP contribution in [-0.2, 0) is 15.9 Å². The second-order valence-electron chi connectivity index (χ2n) is 4.92. The molecule has 0 bridgehead atoms. The van der Waals surface area contributed by atoms with Crippen LogP contribution in [0.3, 0.4) is 0 Å². The van der Waals surface area contributed by atoms with Crippen molar-refractivity contribution in [1.29, 1.82) is 0 Å². The lowest BCUT2D eigenvalue weighted by Crippen LogP contribution is -2.32. The second-order valence-corrected chi connectivity index (χ2v) is 4.92. The first-order chi connectivity index (χ1) is 9.31. The molecule has 0 spiro atoms. The Balaban J connectivity index is 1.69. The number of fused-ring (bicyclic) bond motifs is 1. The van der Waals surface area contributed by atoms with E-state index < -0.39 is 6.10 Å². The summed E-state index contributed by atoms with van der Waals surface area (Å²) in [6.45, 7) is 2.01. The monoisotopic (exact) mass is 265 g/mol. The largest absolute Gasteiger partial charge is 0.389 e. The molecule has 2 rings (SSSR count). The number of aliphatic hydroxyl groups excluding tert-OH is 1. The van der Waals surface area contributed by atoms with Gasteiger partial charge in [0.1, 0.15) is 0 Å². The lowest BCUT2D eigenvalue weighted by molar-refractivity contribution is 0.0129. The van der Waals surface area contributed by atoms with Gasteiger partial charge in [-0.15, -0.1) is 0 Å². The Labute approximate surface area is 114 Å². The summed E-state index contributed by atoms with van der Waals surface area (Å²) in [5.74, 6) is 0. The van der Waals surface area contributed by atoms with Crippen molar-refractivity contribution < 1.29 is 14.6 Å². The van der Waals surface area contributed by atoms with Gasteiger partial charge in [0.25, 0.3) is 0 Å². The lowest BCUT2D eigenvalue weighted by Gasteiger charge is -2.17. The molecule has 1 aliphatic carbocycles. The number of rotatable bonds is 8. The number of aryl methyl sites for hydroxylation is 1. The normalized spacial score (nSPS) is 19.4. The zero-order valence-corrected chi connectivity index (χ0v) is 11.5. The van der Waals surface area contributed by atoms with E-state index in [1.54, 1.807) is 7.11 Å². The highest BCUT2D eigenvalue weighted by atomic mass is 16.5. The van der Waals surface area contributed by atoms with Gasteiger partial charge in [0.2, 0.25) is 0 Å². The van der Waals surface area contributed by atoms with Crippen LogP contribution in [0.1, 0.15) is 23.6 Å². The van der Waals surface area contributed by atoms with Crippen molar-refractivity contribution in [3.05, 3.63) is 35.4 Å². The third-order valence-electron chi connectivity index (χ3n) is 3.47. The molecule has 0 saturated heterocycles. The predicted octanol–water partition coefficient (Wildman–Crippen LogP) is 1.29. The number of hydrogen-bond acceptors (Lipinski definition) is 4. The summed E-state index contributed by atoms with van der Waals surface area (Å²) in [6.07, 6.45) is 1.76. The van der Waals surface area contributed by atoms with Gasteiger partial charge in [-0.2, -0.15) is 0 Å². The molecule has 0 fully saturated rings. The number of benzene rings is 1. The molecule has 0 radical (unpaired) electrons. The van der Waals surface area contributed by atoms with Gasteiger partial charge in [0, 0.05) is 19.7 Å². The summed E-state index contributed by atoms with van der Waals surface area (Å²) in [6, 6.07) is 8.87. The first-order valence-corrected chi connectivity index (χ1v) is 6.87. The predicted molar refractivity (Wildman–Crippen MR) is 74.2 cm³/mol. The van der Waals surface area contributed by atoms with Crippen molar-refractivity contribution in [2.45, 2.75) is 25.0 Å². The average Bonchev–Trinajstić information content (AvgIpc) is 2.85. The lowest BCUT2D eigenvalue weighted by atomic mass is 10.1. The van der Waals surface area contributed by atoms with Crippen molar-refractivity contribution in [3.8, 4) is 0 Å². The third-order valence-corrected chi connectivity index (χ3v) is 3.47. The smallest absolute Gasteiger partial charge is 0.0897 e. The molecular weight excluding hydrogens is 242 g/mol. The van der Waals surface area contributed by atoms with Gasteiger partial charge in [0.15, 0.2) is 0 Å². The van der Waals surface area contributed by atoms with Crippen molar-refractivity contribution in [3.63, 3.8) is 0 Å². The van der Waals surface area contributed by atoms with Gasteiger partial charge in [-0.05, 0) is 24.0 Å². The van der Waals surface area contributed by atoms with E-state index in [2.05, 4.69) is 29.6 Å². The Bertz CT molecular complexity index is 383. The van der Waals surface area contributed by atoms with Gasteiger partial charge >= 0.3 is 0 Å². The standard InChI is InChI=1S/C15H23NO3/c1-18-8-9-19-11-13(17)10-16-15-7-6-12-4-2-3-5-14(12)15/h2-5,13,15-17H,6-11H2,1H3. The first-order valence-electron chi connectivity index (χ1n) is 6.87. The van der Waals surface area contributed by atoms with E-state index in [9.17, 15) is 5.11 Å². The fraction of sp³-hybridized carbons (Fsp3) is 0.600. The van der Waals surface area contributed by atoms with Gasteiger partial charge in [-0.1, -0.05) is 24.3 Å². The van der Waals surface area contributed by atoms with E-state index >= 15 is 0 Å². The van der Waals surface area contributed by atoms with Crippen LogP contribution >= 0.6 is 0 Å². The first kappa shape index (κ1) is 14.5. The minimum atomic E-state index is -0.468. The van der Waals surface area contributed by atoms with Crippen LogP contribution in [0.15, 0.2) is 24.3 Å². The Morgan fingerprint density at radius 1 is 1.37 bits per heavy atom. The summed E-state index contributed by atoms with van der Waals surface area (Å²) in [4.78, 5) is 0. The van der Waals surface area contributed by atoms with Crippen LogP contribution < -0.4 is 5.32 Å². The third kappa shape index (κ3) is 4.28. The van der Waals surface area contributed by atoms with E-state index in [1.807, 2.05) is 0 Å². The van der Waals surface area contributed by atoms with E-state index in [-0.39, 0.29) is 0 Å². The molecule has 19 heavy (non-hydrogen) atoms. The molecule has 2 unspecified atom stereocenters. The molecule has 0 heterocycles. The summed E-state index contributed by atoms with van der Waals surface area (Å²) in [7, 11) is 1.64. The zero-order chi connectivity index (χ0) is 13.5. The van der Waals surface area contributed by atoms with Crippen LogP contribution in [0.25, 0.3) is 0 Å². The van der Waals surface area contributed by atoms with E-state index in [0.29, 0.717) is 32.4 Å². The molecule has 0 aliphatic heterocycles. The molecule has 1 aromatic rings. The van der Waals surface area contributed by atoms with Crippen LogP contribution in [-0.4, -0.2) is 44.7 Å². The Morgan fingerprint density at radius 2 is 2.21 bits per heavy atom. The summed E-state index contributed by atoms with van der Waals surface area (Å²) < 4.78 is 10.2. The van der Waals surface area contributed by atoms with Gasteiger partial charge in [0.05, 0.1) is 25.9 Å². The Hall–Kier alpha value is -0.940. The molecule has 0 aromatic heterocycles. The molecular formula is C15H23NO3. The van der Waals surface area contributed by atoms with E-state index in [0.717, 1.165) is 12.8 Å². The van der Waals surface area contributed by atoms with Gasteiger partial charge in [-0.25, -0.2) is 0 Å². The van der Waals surface area contributed by atoms with Gasteiger partial charge < -0.3 is 19.9 Å². The molecule has 1 aliphatic rings. The zero-order valence-electron chi connectivity index (χ0n) is 11.5. The van der Waals surface area contributed by atoms with Gasteiger partial charge in [-0.3, -0.25) is 0 Å². The number of aliphatic hydroxyl groups is 1. The molecule has 4 heteroatoms. The maximum Gasteiger partial charge on any atom is 0.0897 e. The molecule has 0 amide bonds. The highest BCUT2D eigenvalue weighted by molar-refractivity contribution is 5.34. The van der Waals surface area contributed by atoms with E-state index in [4.69, 9.17) is 9.47 Å². The minimum Gasteiger partial charge on any atom is -0.389 e. The quantitative estimate of drug-likeness (QED) is 0.695. The fourth-order valence-corrected chi connectivity index (χ4v) is 2.47. The topological polar surface area (TPSA) is 50.7 Å². The van der Waals surface area contributed by atoms with Crippen LogP contribution in [0.5, 0.6) is 0 Å². The molecule has 2 atom stereocenters. The Kier molecular flexibility index (Phi) is 5.79. The van der Waals surface area contributed by atoms with Crippen molar-refractivity contribution in [2.24, 2.45) is 0 Å². The number of hydrogen-bond donors (Lipinski definition) is 2. The second kappa shape index (κ2) is 7.60. The van der Waals surface area contributed by atoms with Crippen LogP contribution in [0, 0.1) is 0 Å². The SMILES string of the molecule is COCCOCC(O)CNC1CCc2ccccc21. The van der Waals surface area contributed by atoms with E-state index in [1.165, 1.54) is 11.1 Å². The number of nitrogens with one attached hydrogen (secondary N) is 1. The molecule has 2 N–H and O–H groups in total. The van der Waals surface area contributed by atoms with Crippen molar-refractivity contribution >= 4 is 0 Å². The molecule has 1 aromatic carbocycles. The molecule has 4 nitrogen and oxygen atoms in total. The maximum atomic E-state index is 9.83. The highest BCUT2D eigenvalue weighted by Crippen LogP contribution is 2.30. The maximum absolute atomic E-state index is 9.83. The van der Waals surface area contributed by atoms with Crippen molar-refractivity contribution in [2.75, 3.05) is 33.5 Å². The Morgan fingerprint density at radius 3 is 3.05 bits per heavy atom. The number of methoxy groups -OCH3 is 1. The fourth-order valence-electron chi connectivity index (χ4n) is 2.47.